The molecule has 1 aromatic carbocycles. The second kappa shape index (κ2) is 11.2. The number of piperazine rings is 1. The molecule has 1 saturated heterocycles. The Hall–Kier alpha value is -2.07. The summed E-state index contributed by atoms with van der Waals surface area (Å²) in [6, 6.07) is 9.35. The number of pyridine rings is 1. The molecule has 2 aromatic rings. The number of carbonyl (C=O) groups is 1. The van der Waals surface area contributed by atoms with Crippen LogP contribution in [0, 0.1) is 0 Å². The van der Waals surface area contributed by atoms with Crippen LogP contribution < -0.4 is 15.4 Å². The van der Waals surface area contributed by atoms with Crippen LogP contribution in [0.5, 0.6) is 5.75 Å². The molecule has 0 saturated carbocycles. The number of ether oxygens (including phenoxy) is 1. The molecule has 160 valence electrons. The largest absolute Gasteiger partial charge is 0.490 e. The number of carbonyl (C=O) groups excluding carboxylic acids is 1. The summed E-state index contributed by atoms with van der Waals surface area (Å²) in [6.07, 6.45) is 4.45. The van der Waals surface area contributed by atoms with E-state index in [9.17, 15) is 13.2 Å². The summed E-state index contributed by atoms with van der Waals surface area (Å²) >= 11 is 0. The molecule has 3 rings (SSSR count). The molecule has 1 aromatic heterocycles. The van der Waals surface area contributed by atoms with Gasteiger partial charge in [0.05, 0.1) is 17.1 Å². The van der Waals surface area contributed by atoms with Gasteiger partial charge < -0.3 is 20.3 Å². The highest BCUT2D eigenvalue weighted by atomic mass is 35.5. The third-order valence-electron chi connectivity index (χ3n) is 4.22. The monoisotopic (exact) mass is 462 g/mol. The lowest BCUT2D eigenvalue weighted by molar-refractivity contribution is 0.133. The Bertz CT molecular complexity index is 882. The first-order valence-electron chi connectivity index (χ1n) is 8.55. The van der Waals surface area contributed by atoms with Crippen molar-refractivity contribution >= 4 is 46.4 Å². The van der Waals surface area contributed by atoms with Crippen LogP contribution in [-0.2, 0) is 9.84 Å². The normalized spacial score (nSPS) is 16.2. The van der Waals surface area contributed by atoms with E-state index in [0.29, 0.717) is 37.7 Å². The van der Waals surface area contributed by atoms with Gasteiger partial charge in [-0.05, 0) is 36.4 Å². The standard InChI is InChI=1S/C18H22N4O4S.2ClH/c1-27(24,25)17-6-4-14(5-7-17)21-18(23)22-10-9-20-11-15(22)13-26-16-3-2-8-19-12-16;;/h2-8,12,15,20H,9-11,13H2,1H3,(H,21,23);2*1H. The number of hydrogen-bond donors (Lipinski definition) is 2. The van der Waals surface area contributed by atoms with Crippen LogP contribution in [0.15, 0.2) is 53.7 Å². The van der Waals surface area contributed by atoms with E-state index in [1.54, 1.807) is 35.5 Å². The highest BCUT2D eigenvalue weighted by Gasteiger charge is 2.27. The van der Waals surface area contributed by atoms with Gasteiger partial charge in [-0.25, -0.2) is 13.2 Å². The molecule has 2 amide bonds. The average molecular weight is 463 g/mol. The summed E-state index contributed by atoms with van der Waals surface area (Å²) in [5.41, 5.74) is 0.540. The van der Waals surface area contributed by atoms with Gasteiger partial charge in [0, 0.05) is 37.8 Å². The summed E-state index contributed by atoms with van der Waals surface area (Å²) < 4.78 is 28.8. The first-order chi connectivity index (χ1) is 12.9. The van der Waals surface area contributed by atoms with Crippen molar-refractivity contribution < 1.29 is 17.9 Å². The van der Waals surface area contributed by atoms with Gasteiger partial charge in [0.2, 0.25) is 0 Å². The molecule has 0 bridgehead atoms. The average Bonchev–Trinajstić information content (AvgIpc) is 2.67. The van der Waals surface area contributed by atoms with Gasteiger partial charge in [-0.2, -0.15) is 0 Å². The molecule has 2 N–H and O–H groups in total. The first kappa shape index (κ1) is 25.0. The van der Waals surface area contributed by atoms with Crippen molar-refractivity contribution in [3.63, 3.8) is 0 Å². The molecule has 1 fully saturated rings. The van der Waals surface area contributed by atoms with E-state index in [-0.39, 0.29) is 41.8 Å². The van der Waals surface area contributed by atoms with Crippen LogP contribution >= 0.6 is 24.8 Å². The molecule has 29 heavy (non-hydrogen) atoms. The van der Waals surface area contributed by atoms with Crippen molar-refractivity contribution in [3.05, 3.63) is 48.8 Å². The maximum atomic E-state index is 12.7. The van der Waals surface area contributed by atoms with Gasteiger partial charge in [-0.1, -0.05) is 0 Å². The van der Waals surface area contributed by atoms with Gasteiger partial charge in [0.25, 0.3) is 0 Å². The Morgan fingerprint density at radius 3 is 2.62 bits per heavy atom. The van der Waals surface area contributed by atoms with Crippen LogP contribution in [0.3, 0.4) is 0 Å². The van der Waals surface area contributed by atoms with Gasteiger partial charge in [0.15, 0.2) is 9.84 Å². The van der Waals surface area contributed by atoms with Crippen molar-refractivity contribution in [1.82, 2.24) is 15.2 Å². The Morgan fingerprint density at radius 2 is 2.00 bits per heavy atom. The highest BCUT2D eigenvalue weighted by Crippen LogP contribution is 2.16. The minimum absolute atomic E-state index is 0. The SMILES string of the molecule is CS(=O)(=O)c1ccc(NC(=O)N2CCNCC2COc2cccnc2)cc1.Cl.Cl. The third-order valence-corrected chi connectivity index (χ3v) is 5.35. The van der Waals surface area contributed by atoms with Crippen molar-refractivity contribution in [3.8, 4) is 5.75 Å². The second-order valence-corrected chi connectivity index (χ2v) is 8.29. The quantitative estimate of drug-likeness (QED) is 0.706. The lowest BCUT2D eigenvalue weighted by Gasteiger charge is -2.35. The molecule has 0 radical (unpaired) electrons. The van der Waals surface area contributed by atoms with E-state index < -0.39 is 9.84 Å². The number of urea groups is 1. The van der Waals surface area contributed by atoms with E-state index in [2.05, 4.69) is 15.6 Å². The molecule has 1 aliphatic rings. The maximum absolute atomic E-state index is 12.7. The number of hydrogen-bond acceptors (Lipinski definition) is 6. The Balaban J connectivity index is 0.00000210. The number of benzene rings is 1. The molecular formula is C18H24Cl2N4O4S. The lowest BCUT2D eigenvalue weighted by Crippen LogP contribution is -2.57. The summed E-state index contributed by atoms with van der Waals surface area (Å²) in [4.78, 5) is 18.6. The number of amides is 2. The van der Waals surface area contributed by atoms with Gasteiger partial charge >= 0.3 is 6.03 Å². The number of nitrogens with zero attached hydrogens (tertiary/aromatic N) is 2. The summed E-state index contributed by atoms with van der Waals surface area (Å²) in [7, 11) is -3.26. The molecule has 0 spiro atoms. The van der Waals surface area contributed by atoms with Gasteiger partial charge in [0.1, 0.15) is 12.4 Å². The maximum Gasteiger partial charge on any atom is 0.322 e. The Morgan fingerprint density at radius 1 is 1.28 bits per heavy atom. The van der Waals surface area contributed by atoms with E-state index in [1.807, 2.05) is 6.07 Å². The zero-order valence-corrected chi connectivity index (χ0v) is 18.2. The van der Waals surface area contributed by atoms with E-state index in [0.717, 1.165) is 6.26 Å². The van der Waals surface area contributed by atoms with Crippen molar-refractivity contribution in [1.29, 1.82) is 0 Å². The minimum Gasteiger partial charge on any atom is -0.490 e. The van der Waals surface area contributed by atoms with Gasteiger partial charge in [-0.15, -0.1) is 24.8 Å². The van der Waals surface area contributed by atoms with Gasteiger partial charge in [-0.3, -0.25) is 4.98 Å². The molecular weight excluding hydrogens is 439 g/mol. The molecule has 11 heteroatoms. The number of nitrogens with one attached hydrogen (secondary N) is 2. The highest BCUT2D eigenvalue weighted by molar-refractivity contribution is 7.90. The van der Waals surface area contributed by atoms with Crippen molar-refractivity contribution in [2.24, 2.45) is 0 Å². The van der Waals surface area contributed by atoms with Crippen molar-refractivity contribution in [2.45, 2.75) is 10.9 Å². The summed E-state index contributed by atoms with van der Waals surface area (Å²) in [5, 5.41) is 6.07. The summed E-state index contributed by atoms with van der Waals surface area (Å²) in [5.74, 6) is 0.653. The molecule has 8 nitrogen and oxygen atoms in total. The number of rotatable bonds is 5. The Kier molecular flexibility index (Phi) is 9.64. The molecule has 1 atom stereocenters. The summed E-state index contributed by atoms with van der Waals surface area (Å²) in [6.45, 7) is 2.22. The van der Waals surface area contributed by atoms with Crippen LogP contribution in [0.2, 0.25) is 0 Å². The molecule has 1 aliphatic heterocycles. The van der Waals surface area contributed by atoms with Crippen LogP contribution in [0.25, 0.3) is 0 Å². The number of halogens is 2. The van der Waals surface area contributed by atoms with Crippen molar-refractivity contribution in [2.75, 3.05) is 37.8 Å². The van der Waals surface area contributed by atoms with E-state index >= 15 is 0 Å². The van der Waals surface area contributed by atoms with Crippen LogP contribution in [-0.4, -0.2) is 62.9 Å². The number of anilines is 1. The van der Waals surface area contributed by atoms with E-state index in [4.69, 9.17) is 4.74 Å². The second-order valence-electron chi connectivity index (χ2n) is 6.28. The van der Waals surface area contributed by atoms with E-state index in [1.165, 1.54) is 12.1 Å². The zero-order valence-electron chi connectivity index (χ0n) is 15.8. The molecule has 1 unspecified atom stereocenters. The molecule has 0 aliphatic carbocycles. The number of aromatic nitrogens is 1. The predicted molar refractivity (Wildman–Crippen MR) is 116 cm³/mol. The zero-order chi connectivity index (χ0) is 19.3. The first-order valence-corrected chi connectivity index (χ1v) is 10.4. The predicted octanol–water partition coefficient (Wildman–Crippen LogP) is 2.21. The fourth-order valence-electron chi connectivity index (χ4n) is 2.78. The number of sulfone groups is 1. The Labute approximate surface area is 182 Å². The minimum atomic E-state index is -3.26. The lowest BCUT2D eigenvalue weighted by atomic mass is 10.2. The van der Waals surface area contributed by atoms with Crippen LogP contribution in [0.1, 0.15) is 0 Å². The fourth-order valence-corrected chi connectivity index (χ4v) is 3.41. The fraction of sp³-hybridized carbons (Fsp3) is 0.333. The smallest absolute Gasteiger partial charge is 0.322 e. The molecule has 2 heterocycles. The van der Waals surface area contributed by atoms with Crippen LogP contribution in [0.4, 0.5) is 10.5 Å². The topological polar surface area (TPSA) is 101 Å². The third kappa shape index (κ3) is 7.04.